The second kappa shape index (κ2) is 8.16. The third kappa shape index (κ3) is 3.97. The zero-order valence-corrected chi connectivity index (χ0v) is 17.5. The molecule has 1 aliphatic heterocycles. The number of likely N-dealkylation sites (tertiary alicyclic amines) is 1. The Balaban J connectivity index is 1.56. The lowest BCUT2D eigenvalue weighted by Crippen LogP contribution is -2.37. The number of carbonyl (C=O) groups excluding carboxylic acids is 1. The van der Waals surface area contributed by atoms with Crippen LogP contribution in [0.1, 0.15) is 32.6 Å². The van der Waals surface area contributed by atoms with Gasteiger partial charge in [-0.3, -0.25) is 9.59 Å². The van der Waals surface area contributed by atoms with Crippen LogP contribution in [0, 0.1) is 0 Å². The summed E-state index contributed by atoms with van der Waals surface area (Å²) in [5.74, 6) is 0.134. The summed E-state index contributed by atoms with van der Waals surface area (Å²) >= 11 is 4.42. The maximum atomic E-state index is 12.8. The van der Waals surface area contributed by atoms with Crippen molar-refractivity contribution in [3.63, 3.8) is 0 Å². The molecule has 0 radical (unpaired) electrons. The minimum atomic E-state index is -0.263. The summed E-state index contributed by atoms with van der Waals surface area (Å²) < 4.78 is 0. The van der Waals surface area contributed by atoms with Crippen molar-refractivity contribution < 1.29 is 4.79 Å². The van der Waals surface area contributed by atoms with Crippen LogP contribution in [0.2, 0.25) is 0 Å². The Morgan fingerprint density at radius 3 is 2.74 bits per heavy atom. The van der Waals surface area contributed by atoms with E-state index < -0.39 is 0 Å². The molecule has 0 unspecified atom stereocenters. The third-order valence-corrected chi connectivity index (χ3v) is 7.51. The highest BCUT2D eigenvalue weighted by Crippen LogP contribution is 2.34. The van der Waals surface area contributed by atoms with Crippen LogP contribution >= 0.6 is 34.4 Å². The van der Waals surface area contributed by atoms with Crippen molar-refractivity contribution in [2.75, 3.05) is 13.1 Å². The van der Waals surface area contributed by atoms with Gasteiger partial charge in [0.25, 0.3) is 5.56 Å². The molecule has 142 valence electrons. The van der Waals surface area contributed by atoms with Crippen LogP contribution in [-0.4, -0.2) is 39.1 Å². The molecule has 0 aromatic carbocycles. The summed E-state index contributed by atoms with van der Waals surface area (Å²) in [6.45, 7) is 3.57. The fourth-order valence-corrected chi connectivity index (χ4v) is 6.06. The van der Waals surface area contributed by atoms with Crippen molar-refractivity contribution in [2.45, 2.75) is 43.0 Å². The van der Waals surface area contributed by atoms with Gasteiger partial charge in [-0.25, -0.2) is 4.98 Å². The number of amides is 1. The van der Waals surface area contributed by atoms with E-state index in [1.807, 2.05) is 34.7 Å². The predicted octanol–water partition coefficient (Wildman–Crippen LogP) is 4.60. The van der Waals surface area contributed by atoms with Crippen LogP contribution < -0.4 is 5.56 Å². The number of aromatic amines is 1. The van der Waals surface area contributed by atoms with E-state index in [4.69, 9.17) is 0 Å². The van der Waals surface area contributed by atoms with Gasteiger partial charge in [0.15, 0.2) is 5.16 Å². The van der Waals surface area contributed by atoms with Crippen molar-refractivity contribution in [3.8, 4) is 10.4 Å². The summed E-state index contributed by atoms with van der Waals surface area (Å²) in [4.78, 5) is 36.7. The van der Waals surface area contributed by atoms with Gasteiger partial charge in [0.2, 0.25) is 5.91 Å². The Morgan fingerprint density at radius 1 is 1.26 bits per heavy atom. The third-order valence-electron chi connectivity index (χ3n) is 4.76. The minimum Gasteiger partial charge on any atom is -0.342 e. The van der Waals surface area contributed by atoms with E-state index >= 15 is 0 Å². The summed E-state index contributed by atoms with van der Waals surface area (Å²) in [7, 11) is 0. The molecule has 1 saturated heterocycles. The molecule has 4 rings (SSSR count). The van der Waals surface area contributed by atoms with Gasteiger partial charge < -0.3 is 9.88 Å². The number of hydrogen-bond acceptors (Lipinski definition) is 6. The molecule has 1 N–H and O–H groups in total. The lowest BCUT2D eigenvalue weighted by Gasteiger charge is -2.23. The monoisotopic (exact) mass is 419 g/mol. The number of thiophene rings is 2. The van der Waals surface area contributed by atoms with E-state index in [-0.39, 0.29) is 16.7 Å². The van der Waals surface area contributed by atoms with Crippen LogP contribution in [0.4, 0.5) is 0 Å². The second-order valence-corrected chi connectivity index (χ2v) is 9.81. The van der Waals surface area contributed by atoms with Gasteiger partial charge in [0.1, 0.15) is 4.83 Å². The van der Waals surface area contributed by atoms with Gasteiger partial charge >= 0.3 is 0 Å². The molecule has 5 nitrogen and oxygen atoms in total. The molecule has 1 amide bonds. The molecule has 3 aromatic heterocycles. The number of nitrogens with zero attached hydrogens (tertiary/aromatic N) is 2. The zero-order chi connectivity index (χ0) is 18.8. The molecular weight excluding hydrogens is 398 g/mol. The Labute approximate surface area is 169 Å². The molecule has 1 aliphatic rings. The smallest absolute Gasteiger partial charge is 0.260 e. The summed E-state index contributed by atoms with van der Waals surface area (Å²) in [6, 6.07) is 3.99. The van der Waals surface area contributed by atoms with Gasteiger partial charge in [0, 0.05) is 28.9 Å². The topological polar surface area (TPSA) is 66.1 Å². The van der Waals surface area contributed by atoms with Crippen molar-refractivity contribution in [1.82, 2.24) is 14.9 Å². The van der Waals surface area contributed by atoms with E-state index in [1.165, 1.54) is 35.9 Å². The van der Waals surface area contributed by atoms with Crippen molar-refractivity contribution in [3.05, 3.63) is 33.2 Å². The maximum absolute atomic E-state index is 12.8. The van der Waals surface area contributed by atoms with Crippen molar-refractivity contribution in [2.24, 2.45) is 0 Å². The quantitative estimate of drug-likeness (QED) is 0.496. The standard InChI is InChI=1S/C19H21N3O2S3/c1-12(18(24)22-8-4-2-3-5-9-22)27-19-20-16(23)15-13(11-26-17(15)21-19)14-7-6-10-25-14/h6-7,10-12H,2-5,8-9H2,1H3,(H,20,21,23)/t12-/m1/s1. The average Bonchev–Trinajstić information content (AvgIpc) is 3.24. The first-order valence-electron chi connectivity index (χ1n) is 9.14. The van der Waals surface area contributed by atoms with Gasteiger partial charge in [0.05, 0.1) is 10.6 Å². The summed E-state index contributed by atoms with van der Waals surface area (Å²) in [5.41, 5.74) is 0.797. The number of nitrogens with one attached hydrogen (secondary N) is 1. The number of H-pyrrole nitrogens is 1. The molecule has 0 bridgehead atoms. The molecule has 1 atom stereocenters. The van der Waals surface area contributed by atoms with Gasteiger partial charge in [-0.15, -0.1) is 22.7 Å². The van der Waals surface area contributed by atoms with E-state index in [0.29, 0.717) is 10.5 Å². The summed E-state index contributed by atoms with van der Waals surface area (Å²) in [6.07, 6.45) is 4.54. The second-order valence-electron chi connectivity index (χ2n) is 6.68. The zero-order valence-electron chi connectivity index (χ0n) is 15.1. The number of carbonyl (C=O) groups is 1. The van der Waals surface area contributed by atoms with Gasteiger partial charge in [-0.1, -0.05) is 30.7 Å². The highest BCUT2D eigenvalue weighted by atomic mass is 32.2. The number of fused-ring (bicyclic) bond motifs is 1. The highest BCUT2D eigenvalue weighted by molar-refractivity contribution is 8.00. The summed E-state index contributed by atoms with van der Waals surface area (Å²) in [5, 5.41) is 4.88. The SMILES string of the molecule is C[C@@H](Sc1nc2scc(-c3cccs3)c2c(=O)[nH]1)C(=O)N1CCCCCC1. The number of aromatic nitrogens is 2. The maximum Gasteiger partial charge on any atom is 0.260 e. The molecule has 4 heterocycles. The van der Waals surface area contributed by atoms with Crippen LogP contribution in [0.3, 0.4) is 0 Å². The average molecular weight is 420 g/mol. The lowest BCUT2D eigenvalue weighted by atomic mass is 10.2. The Bertz CT molecular complexity index is 985. The van der Waals surface area contributed by atoms with Crippen LogP contribution in [-0.2, 0) is 4.79 Å². The Kier molecular flexibility index (Phi) is 5.66. The van der Waals surface area contributed by atoms with E-state index in [0.717, 1.165) is 41.2 Å². The number of rotatable bonds is 4. The van der Waals surface area contributed by atoms with E-state index in [1.54, 1.807) is 11.3 Å². The van der Waals surface area contributed by atoms with Gasteiger partial charge in [-0.05, 0) is 31.2 Å². The fourth-order valence-electron chi connectivity index (χ4n) is 3.36. The molecule has 0 saturated carbocycles. The fraction of sp³-hybridized carbons (Fsp3) is 0.421. The first kappa shape index (κ1) is 18.7. The van der Waals surface area contributed by atoms with Crippen LogP contribution in [0.5, 0.6) is 0 Å². The van der Waals surface area contributed by atoms with Crippen LogP contribution in [0.15, 0.2) is 32.8 Å². The highest BCUT2D eigenvalue weighted by Gasteiger charge is 2.23. The normalized spacial score (nSPS) is 16.4. The van der Waals surface area contributed by atoms with Crippen molar-refractivity contribution in [1.29, 1.82) is 0 Å². The largest absolute Gasteiger partial charge is 0.342 e. The van der Waals surface area contributed by atoms with Crippen LogP contribution in [0.25, 0.3) is 20.7 Å². The lowest BCUT2D eigenvalue weighted by molar-refractivity contribution is -0.130. The molecule has 1 fully saturated rings. The number of hydrogen-bond donors (Lipinski definition) is 1. The number of thioether (sulfide) groups is 1. The molecule has 3 aromatic rings. The molecule has 0 spiro atoms. The first-order valence-corrected chi connectivity index (χ1v) is 11.8. The molecule has 8 heteroatoms. The Morgan fingerprint density at radius 2 is 2.04 bits per heavy atom. The van der Waals surface area contributed by atoms with Crippen molar-refractivity contribution >= 4 is 50.6 Å². The Hall–Kier alpha value is -1.64. The molecular formula is C19H21N3O2S3. The van der Waals surface area contributed by atoms with E-state index in [9.17, 15) is 9.59 Å². The molecule has 27 heavy (non-hydrogen) atoms. The first-order chi connectivity index (χ1) is 13.1. The minimum absolute atomic E-state index is 0.134. The van der Waals surface area contributed by atoms with Gasteiger partial charge in [-0.2, -0.15) is 0 Å². The predicted molar refractivity (Wildman–Crippen MR) is 114 cm³/mol. The molecule has 0 aliphatic carbocycles. The van der Waals surface area contributed by atoms with E-state index in [2.05, 4.69) is 9.97 Å².